The number of aliphatic carboxylic acids is 1. The average Bonchev–Trinajstić information content (AvgIpc) is 2.57. The van der Waals surface area contributed by atoms with Crippen LogP contribution in [0.15, 0.2) is 24.3 Å². The van der Waals surface area contributed by atoms with Crippen molar-refractivity contribution in [2.75, 3.05) is 7.05 Å². The highest BCUT2D eigenvalue weighted by Crippen LogP contribution is 2.24. The van der Waals surface area contributed by atoms with E-state index < -0.39 is 29.4 Å². The summed E-state index contributed by atoms with van der Waals surface area (Å²) in [6, 6.07) is 5.73. The number of carboxylic acids is 1. The van der Waals surface area contributed by atoms with Crippen molar-refractivity contribution in [2.24, 2.45) is 0 Å². The number of esters is 1. The SMILES string of the molecule is CNC1(C(C)=O)C(=O)Oc2ccc(cc2)CN1NC(C)C(=O)O. The molecular weight excluding hydrogens is 302 g/mol. The van der Waals surface area contributed by atoms with Crippen LogP contribution in [0.5, 0.6) is 5.75 Å². The van der Waals surface area contributed by atoms with E-state index in [1.54, 1.807) is 24.3 Å². The van der Waals surface area contributed by atoms with Gasteiger partial charge in [0.1, 0.15) is 11.8 Å². The highest BCUT2D eigenvalue weighted by molar-refractivity contribution is 6.07. The molecular formula is C15H19N3O5. The lowest BCUT2D eigenvalue weighted by Crippen LogP contribution is -2.72. The number of rotatable bonds is 5. The van der Waals surface area contributed by atoms with Crippen LogP contribution in [0.4, 0.5) is 0 Å². The molecule has 124 valence electrons. The van der Waals surface area contributed by atoms with Crippen molar-refractivity contribution in [1.82, 2.24) is 15.8 Å². The first kappa shape index (κ1) is 17.1. The van der Waals surface area contributed by atoms with E-state index in [9.17, 15) is 14.4 Å². The minimum atomic E-state index is -1.84. The molecule has 0 spiro atoms. The molecule has 0 radical (unpaired) electrons. The van der Waals surface area contributed by atoms with Crippen molar-refractivity contribution in [3.63, 3.8) is 0 Å². The molecule has 2 unspecified atom stereocenters. The smallest absolute Gasteiger partial charge is 0.356 e. The van der Waals surface area contributed by atoms with Gasteiger partial charge in [-0.25, -0.2) is 15.2 Å². The Kier molecular flexibility index (Phi) is 4.79. The number of fused-ring (bicyclic) bond motifs is 6. The summed E-state index contributed by atoms with van der Waals surface area (Å²) in [6.45, 7) is 2.80. The zero-order valence-electron chi connectivity index (χ0n) is 13.1. The van der Waals surface area contributed by atoms with E-state index in [0.29, 0.717) is 5.75 Å². The predicted octanol–water partition coefficient (Wildman–Crippen LogP) is -0.110. The maximum absolute atomic E-state index is 12.6. The number of benzene rings is 1. The number of carboxylic acid groups (broad SMARTS) is 1. The van der Waals surface area contributed by atoms with Gasteiger partial charge in [-0.3, -0.25) is 14.9 Å². The van der Waals surface area contributed by atoms with Crippen LogP contribution in [0.25, 0.3) is 0 Å². The Hall–Kier alpha value is -2.29. The molecule has 3 rings (SSSR count). The van der Waals surface area contributed by atoms with Crippen LogP contribution in [0.2, 0.25) is 0 Å². The van der Waals surface area contributed by atoms with E-state index >= 15 is 0 Å². The van der Waals surface area contributed by atoms with Gasteiger partial charge in [-0.15, -0.1) is 0 Å². The number of hydrogen-bond donors (Lipinski definition) is 3. The first-order chi connectivity index (χ1) is 10.8. The third-order valence-corrected chi connectivity index (χ3v) is 3.77. The topological polar surface area (TPSA) is 108 Å². The fraction of sp³-hybridized carbons (Fsp3) is 0.400. The second-order valence-corrected chi connectivity index (χ2v) is 5.33. The van der Waals surface area contributed by atoms with Gasteiger partial charge in [0.15, 0.2) is 5.78 Å². The monoisotopic (exact) mass is 321 g/mol. The number of carbonyl (C=O) groups is 3. The highest BCUT2D eigenvalue weighted by Gasteiger charge is 2.51. The van der Waals surface area contributed by atoms with E-state index in [2.05, 4.69) is 10.7 Å². The normalized spacial score (nSPS) is 22.7. The molecule has 0 fully saturated rings. The summed E-state index contributed by atoms with van der Waals surface area (Å²) in [5.74, 6) is -2.14. The molecule has 0 aromatic heterocycles. The van der Waals surface area contributed by atoms with Crippen LogP contribution in [0, 0.1) is 0 Å². The molecule has 0 saturated carbocycles. The molecule has 0 saturated heterocycles. The summed E-state index contributed by atoms with van der Waals surface area (Å²) in [6.07, 6.45) is 0. The van der Waals surface area contributed by atoms with Crippen LogP contribution in [-0.2, 0) is 20.9 Å². The van der Waals surface area contributed by atoms with Crippen molar-refractivity contribution in [1.29, 1.82) is 0 Å². The van der Waals surface area contributed by atoms with E-state index in [4.69, 9.17) is 9.84 Å². The third kappa shape index (κ3) is 3.09. The fourth-order valence-electron chi connectivity index (χ4n) is 2.43. The molecule has 1 aromatic rings. The molecule has 2 bridgehead atoms. The summed E-state index contributed by atoms with van der Waals surface area (Å²) in [5, 5.41) is 13.1. The Morgan fingerprint density at radius 1 is 1.35 bits per heavy atom. The Bertz CT molecular complexity index is 631. The number of ether oxygens (including phenoxy) is 1. The van der Waals surface area contributed by atoms with Crippen molar-refractivity contribution in [3.05, 3.63) is 29.8 Å². The Balaban J connectivity index is 2.52. The summed E-state index contributed by atoms with van der Waals surface area (Å²) >= 11 is 0. The molecule has 2 heterocycles. The van der Waals surface area contributed by atoms with Crippen LogP contribution >= 0.6 is 0 Å². The maximum Gasteiger partial charge on any atom is 0.356 e. The minimum Gasteiger partial charge on any atom is -0.480 e. The number of nitrogens with zero attached hydrogens (tertiary/aromatic N) is 1. The first-order valence-corrected chi connectivity index (χ1v) is 7.09. The van der Waals surface area contributed by atoms with Gasteiger partial charge in [0.25, 0.3) is 0 Å². The lowest BCUT2D eigenvalue weighted by atomic mass is 10.0. The van der Waals surface area contributed by atoms with Gasteiger partial charge in [-0.05, 0) is 38.6 Å². The van der Waals surface area contributed by atoms with Gasteiger partial charge in [-0.2, -0.15) is 0 Å². The molecule has 2 aliphatic rings. The van der Waals surface area contributed by atoms with Gasteiger partial charge < -0.3 is 9.84 Å². The number of nitrogens with one attached hydrogen (secondary N) is 2. The van der Waals surface area contributed by atoms with Gasteiger partial charge in [0.05, 0.1) is 0 Å². The van der Waals surface area contributed by atoms with Gasteiger partial charge >= 0.3 is 11.9 Å². The standard InChI is InChI=1S/C15H19N3O5/c1-9(13(20)21)17-18-8-11-4-6-12(7-5-11)23-14(22)15(18,16-3)10(2)19/h4-7,9,16-17H,8H2,1-3H3,(H,20,21). The molecule has 1 aromatic carbocycles. The van der Waals surface area contributed by atoms with Gasteiger partial charge in [0.2, 0.25) is 5.66 Å². The number of ketones is 1. The van der Waals surface area contributed by atoms with Gasteiger partial charge in [0, 0.05) is 6.54 Å². The molecule has 23 heavy (non-hydrogen) atoms. The summed E-state index contributed by atoms with van der Waals surface area (Å²) < 4.78 is 5.28. The van der Waals surface area contributed by atoms with Crippen molar-refractivity contribution < 1.29 is 24.2 Å². The number of hydrogen-bond acceptors (Lipinski definition) is 7. The molecule has 2 aliphatic heterocycles. The summed E-state index contributed by atoms with van der Waals surface area (Å²) in [5.41, 5.74) is 1.66. The number of hydrazine groups is 1. The van der Waals surface area contributed by atoms with Crippen molar-refractivity contribution in [3.8, 4) is 5.75 Å². The number of likely N-dealkylation sites (N-methyl/N-ethyl adjacent to an activating group) is 1. The predicted molar refractivity (Wildman–Crippen MR) is 80.3 cm³/mol. The maximum atomic E-state index is 12.6. The number of Topliss-reactive ketones (excluding diaryl/α,β-unsaturated/α-hetero) is 1. The van der Waals surface area contributed by atoms with Gasteiger partial charge in [-0.1, -0.05) is 12.1 Å². The van der Waals surface area contributed by atoms with Crippen LogP contribution in [0.1, 0.15) is 19.4 Å². The first-order valence-electron chi connectivity index (χ1n) is 7.09. The molecule has 2 atom stereocenters. The zero-order valence-corrected chi connectivity index (χ0v) is 13.1. The largest absolute Gasteiger partial charge is 0.480 e. The number of carbonyl (C=O) groups excluding carboxylic acids is 2. The van der Waals surface area contributed by atoms with Crippen LogP contribution in [0.3, 0.4) is 0 Å². The Labute approximate surface area is 133 Å². The second kappa shape index (κ2) is 6.45. The molecule has 8 heteroatoms. The lowest BCUT2D eigenvalue weighted by Gasteiger charge is -2.39. The minimum absolute atomic E-state index is 0.132. The zero-order chi connectivity index (χ0) is 17.2. The van der Waals surface area contributed by atoms with Crippen molar-refractivity contribution >= 4 is 17.7 Å². The third-order valence-electron chi connectivity index (χ3n) is 3.77. The van der Waals surface area contributed by atoms with Crippen molar-refractivity contribution in [2.45, 2.75) is 32.1 Å². The quantitative estimate of drug-likeness (QED) is 0.392. The molecule has 0 amide bonds. The summed E-state index contributed by atoms with van der Waals surface area (Å²) in [7, 11) is 1.44. The van der Waals surface area contributed by atoms with E-state index in [1.165, 1.54) is 25.9 Å². The molecule has 0 aliphatic carbocycles. The molecule has 3 N–H and O–H groups in total. The van der Waals surface area contributed by atoms with E-state index in [0.717, 1.165) is 5.56 Å². The molecule has 8 nitrogen and oxygen atoms in total. The van der Waals surface area contributed by atoms with Crippen LogP contribution in [-0.4, -0.2) is 46.6 Å². The lowest BCUT2D eigenvalue weighted by molar-refractivity contribution is -0.164. The van der Waals surface area contributed by atoms with E-state index in [1.807, 2.05) is 0 Å². The van der Waals surface area contributed by atoms with E-state index in [-0.39, 0.29) is 6.54 Å². The average molecular weight is 321 g/mol. The second-order valence-electron chi connectivity index (χ2n) is 5.33. The summed E-state index contributed by atoms with van der Waals surface area (Å²) in [4.78, 5) is 36.1. The fourth-order valence-corrected chi connectivity index (χ4v) is 2.43. The Morgan fingerprint density at radius 3 is 2.43 bits per heavy atom. The Morgan fingerprint density at radius 2 is 1.96 bits per heavy atom. The van der Waals surface area contributed by atoms with Crippen LogP contribution < -0.4 is 15.5 Å². The highest BCUT2D eigenvalue weighted by atomic mass is 16.5.